The summed E-state index contributed by atoms with van der Waals surface area (Å²) < 4.78 is 4.66. The van der Waals surface area contributed by atoms with Crippen LogP contribution in [-0.4, -0.2) is 56.2 Å². The highest BCUT2D eigenvalue weighted by molar-refractivity contribution is 5.75. The molecule has 1 aliphatic rings. The normalized spacial score (nSPS) is 15.4. The van der Waals surface area contributed by atoms with Crippen molar-refractivity contribution in [2.24, 2.45) is 0 Å². The lowest BCUT2D eigenvalue weighted by atomic mass is 9.74. The SMILES string of the molecule is C/C=C\CC1(NC(=O)NCCCCCCCCCN(C)CC(=O)OC)CCC1. The standard InChI is InChI=1S/C22H41N3O3/c1-4-5-14-22(15-13-16-22)24-21(27)23-17-11-9-7-6-8-10-12-18-25(2)19-20(26)28-3/h4-5H,6-19H2,1-3H3,(H2,23,24,27)/b5-4-. The number of rotatable bonds is 15. The molecule has 0 aliphatic heterocycles. The van der Waals surface area contributed by atoms with Gasteiger partial charge in [-0.3, -0.25) is 9.69 Å². The van der Waals surface area contributed by atoms with E-state index in [1.807, 2.05) is 18.9 Å². The van der Waals surface area contributed by atoms with E-state index in [2.05, 4.69) is 27.5 Å². The van der Waals surface area contributed by atoms with Gasteiger partial charge in [0.25, 0.3) is 0 Å². The first-order valence-electron chi connectivity index (χ1n) is 10.9. The second-order valence-electron chi connectivity index (χ2n) is 8.08. The molecule has 0 saturated heterocycles. The molecule has 0 heterocycles. The molecule has 1 aliphatic carbocycles. The van der Waals surface area contributed by atoms with Crippen LogP contribution in [0.4, 0.5) is 4.79 Å². The topological polar surface area (TPSA) is 70.7 Å². The molecule has 6 heteroatoms. The van der Waals surface area contributed by atoms with Crippen LogP contribution in [0.5, 0.6) is 0 Å². The number of carbonyl (C=O) groups excluding carboxylic acids is 2. The second kappa shape index (κ2) is 14.4. The molecule has 28 heavy (non-hydrogen) atoms. The Morgan fingerprint density at radius 3 is 2.29 bits per heavy atom. The molecule has 0 aromatic carbocycles. The number of carbonyl (C=O) groups is 2. The Kier molecular flexibility index (Phi) is 12.6. The van der Waals surface area contributed by atoms with E-state index in [1.54, 1.807) is 0 Å². The summed E-state index contributed by atoms with van der Waals surface area (Å²) in [4.78, 5) is 25.2. The smallest absolute Gasteiger partial charge is 0.319 e. The number of ether oxygens (including phenoxy) is 1. The number of amides is 2. The quantitative estimate of drug-likeness (QED) is 0.250. The molecule has 0 radical (unpaired) electrons. The summed E-state index contributed by atoms with van der Waals surface area (Å²) in [6.45, 7) is 4.08. The third kappa shape index (κ3) is 10.7. The van der Waals surface area contributed by atoms with Crippen LogP contribution in [0.25, 0.3) is 0 Å². The van der Waals surface area contributed by atoms with Crippen molar-refractivity contribution in [1.29, 1.82) is 0 Å². The maximum absolute atomic E-state index is 12.1. The van der Waals surface area contributed by atoms with Crippen molar-refractivity contribution in [2.75, 3.05) is 33.8 Å². The monoisotopic (exact) mass is 395 g/mol. The highest BCUT2D eigenvalue weighted by Crippen LogP contribution is 2.35. The number of nitrogens with zero attached hydrogens (tertiary/aromatic N) is 1. The molecule has 162 valence electrons. The highest BCUT2D eigenvalue weighted by atomic mass is 16.5. The number of allylic oxidation sites excluding steroid dienone is 1. The van der Waals surface area contributed by atoms with Gasteiger partial charge in [-0.1, -0.05) is 44.3 Å². The van der Waals surface area contributed by atoms with Gasteiger partial charge in [-0.2, -0.15) is 0 Å². The van der Waals surface area contributed by atoms with Crippen LogP contribution in [-0.2, 0) is 9.53 Å². The van der Waals surface area contributed by atoms with E-state index in [0.29, 0.717) is 6.54 Å². The Morgan fingerprint density at radius 1 is 1.07 bits per heavy atom. The van der Waals surface area contributed by atoms with Gasteiger partial charge in [0.1, 0.15) is 0 Å². The number of unbranched alkanes of at least 4 members (excludes halogenated alkanes) is 6. The number of methoxy groups -OCH3 is 1. The van der Waals surface area contributed by atoms with Crippen molar-refractivity contribution >= 4 is 12.0 Å². The van der Waals surface area contributed by atoms with Gasteiger partial charge in [-0.05, 0) is 59.0 Å². The molecule has 1 fully saturated rings. The Hall–Kier alpha value is -1.56. The minimum atomic E-state index is -0.176. The first-order chi connectivity index (χ1) is 13.5. The Balaban J connectivity index is 1.92. The largest absolute Gasteiger partial charge is 0.468 e. The molecule has 1 rings (SSSR count). The molecule has 0 bridgehead atoms. The molecule has 2 amide bonds. The van der Waals surface area contributed by atoms with Crippen LogP contribution in [0.2, 0.25) is 0 Å². The molecule has 6 nitrogen and oxygen atoms in total. The fourth-order valence-electron chi connectivity index (χ4n) is 3.57. The van der Waals surface area contributed by atoms with E-state index in [-0.39, 0.29) is 17.5 Å². The lowest BCUT2D eigenvalue weighted by molar-refractivity contribution is -0.141. The predicted octanol–water partition coefficient (Wildman–Crippen LogP) is 4.01. The van der Waals surface area contributed by atoms with Gasteiger partial charge in [0.15, 0.2) is 0 Å². The zero-order valence-electron chi connectivity index (χ0n) is 18.2. The number of nitrogens with one attached hydrogen (secondary N) is 2. The van der Waals surface area contributed by atoms with Crippen LogP contribution < -0.4 is 10.6 Å². The minimum Gasteiger partial charge on any atom is -0.468 e. The Bertz CT molecular complexity index is 476. The maximum atomic E-state index is 12.1. The molecular weight excluding hydrogens is 354 g/mol. The number of hydrogen-bond acceptors (Lipinski definition) is 4. The van der Waals surface area contributed by atoms with E-state index in [0.717, 1.165) is 51.6 Å². The van der Waals surface area contributed by atoms with Crippen LogP contribution in [0.15, 0.2) is 12.2 Å². The van der Waals surface area contributed by atoms with Crippen molar-refractivity contribution in [3.05, 3.63) is 12.2 Å². The Morgan fingerprint density at radius 2 is 1.71 bits per heavy atom. The van der Waals surface area contributed by atoms with Crippen molar-refractivity contribution in [3.63, 3.8) is 0 Å². The summed E-state index contributed by atoms with van der Waals surface area (Å²) in [5.74, 6) is -0.176. The molecular formula is C22H41N3O3. The molecule has 2 N–H and O–H groups in total. The van der Waals surface area contributed by atoms with Gasteiger partial charge in [0.2, 0.25) is 0 Å². The van der Waals surface area contributed by atoms with Gasteiger partial charge in [-0.15, -0.1) is 0 Å². The van der Waals surface area contributed by atoms with Crippen LogP contribution in [0.3, 0.4) is 0 Å². The van der Waals surface area contributed by atoms with Crippen LogP contribution >= 0.6 is 0 Å². The lowest BCUT2D eigenvalue weighted by Gasteiger charge is -2.42. The summed E-state index contributed by atoms with van der Waals surface area (Å²) in [5, 5.41) is 6.19. The van der Waals surface area contributed by atoms with Crippen LogP contribution in [0, 0.1) is 0 Å². The fraction of sp³-hybridized carbons (Fsp3) is 0.818. The van der Waals surface area contributed by atoms with Crippen molar-refractivity contribution < 1.29 is 14.3 Å². The lowest BCUT2D eigenvalue weighted by Crippen LogP contribution is -2.56. The van der Waals surface area contributed by atoms with Gasteiger partial charge in [0.05, 0.1) is 13.7 Å². The first-order valence-corrected chi connectivity index (χ1v) is 10.9. The van der Waals surface area contributed by atoms with E-state index in [1.165, 1.54) is 39.2 Å². The van der Waals surface area contributed by atoms with E-state index < -0.39 is 0 Å². The molecule has 0 spiro atoms. The minimum absolute atomic E-state index is 0.00150. The van der Waals surface area contributed by atoms with Crippen molar-refractivity contribution in [1.82, 2.24) is 15.5 Å². The third-order valence-electron chi connectivity index (χ3n) is 5.56. The first kappa shape index (κ1) is 24.5. The molecule has 0 atom stereocenters. The van der Waals surface area contributed by atoms with Crippen molar-refractivity contribution in [3.8, 4) is 0 Å². The average molecular weight is 396 g/mol. The summed E-state index contributed by atoms with van der Waals surface area (Å²) in [5.41, 5.74) is 0.00150. The number of urea groups is 1. The predicted molar refractivity (Wildman–Crippen MR) is 114 cm³/mol. The van der Waals surface area contributed by atoms with Gasteiger partial charge < -0.3 is 15.4 Å². The summed E-state index contributed by atoms with van der Waals surface area (Å²) >= 11 is 0. The fourth-order valence-corrected chi connectivity index (χ4v) is 3.57. The van der Waals surface area contributed by atoms with E-state index in [9.17, 15) is 9.59 Å². The summed E-state index contributed by atoms with van der Waals surface area (Å²) in [6, 6.07) is -0.0136. The van der Waals surface area contributed by atoms with E-state index >= 15 is 0 Å². The molecule has 0 aromatic rings. The molecule has 1 saturated carbocycles. The highest BCUT2D eigenvalue weighted by Gasteiger charge is 2.36. The van der Waals surface area contributed by atoms with Crippen molar-refractivity contribution in [2.45, 2.75) is 83.1 Å². The summed E-state index contributed by atoms with van der Waals surface area (Å²) in [7, 11) is 3.38. The zero-order valence-corrected chi connectivity index (χ0v) is 18.2. The van der Waals surface area contributed by atoms with Gasteiger partial charge >= 0.3 is 12.0 Å². The average Bonchev–Trinajstić information content (AvgIpc) is 2.65. The Labute approximate surface area is 171 Å². The maximum Gasteiger partial charge on any atom is 0.319 e. The summed E-state index contributed by atoms with van der Waals surface area (Å²) in [6.07, 6.45) is 16.7. The number of hydrogen-bond donors (Lipinski definition) is 2. The molecule has 0 aromatic heterocycles. The third-order valence-corrected chi connectivity index (χ3v) is 5.56. The number of esters is 1. The van der Waals surface area contributed by atoms with E-state index in [4.69, 9.17) is 0 Å². The second-order valence-corrected chi connectivity index (χ2v) is 8.08. The number of likely N-dealkylation sites (N-methyl/N-ethyl adjacent to an activating group) is 1. The zero-order chi connectivity index (χ0) is 20.7. The van der Waals surface area contributed by atoms with Gasteiger partial charge in [0, 0.05) is 12.1 Å². The van der Waals surface area contributed by atoms with Gasteiger partial charge in [-0.25, -0.2) is 4.79 Å². The molecule has 0 unspecified atom stereocenters. The van der Waals surface area contributed by atoms with Crippen LogP contribution in [0.1, 0.15) is 77.6 Å².